The van der Waals surface area contributed by atoms with Crippen molar-refractivity contribution in [2.24, 2.45) is 0 Å². The number of hydrogen-bond acceptors (Lipinski definition) is 6. The molecule has 4 rings (SSSR count). The SMILES string of the molecule is CN1CC(=O)N2[C@@H](CC(=O)O)C(=O)N(CCSCc3ccccc3)C[C@@H]2N1C(=O)NCc1ccc(F)cc1. The molecule has 0 aliphatic carbocycles. The Morgan fingerprint density at radius 2 is 1.79 bits per heavy atom. The summed E-state index contributed by atoms with van der Waals surface area (Å²) in [6.07, 6.45) is -1.42. The number of likely N-dealkylation sites (N-methyl/N-ethyl adjacent to an activating group) is 1. The molecular formula is C26H30FN5O5S. The zero-order chi connectivity index (χ0) is 27.2. The molecule has 0 spiro atoms. The van der Waals surface area contributed by atoms with Crippen LogP contribution >= 0.6 is 11.8 Å². The first-order chi connectivity index (χ1) is 18.2. The quantitative estimate of drug-likeness (QED) is 0.465. The van der Waals surface area contributed by atoms with Gasteiger partial charge in [0.25, 0.3) is 0 Å². The molecule has 2 aromatic rings. The van der Waals surface area contributed by atoms with Crippen molar-refractivity contribution >= 4 is 35.6 Å². The number of aliphatic carboxylic acids is 1. The number of halogens is 1. The van der Waals surface area contributed by atoms with Crippen LogP contribution in [0.2, 0.25) is 0 Å². The van der Waals surface area contributed by atoms with Gasteiger partial charge in [-0.1, -0.05) is 42.5 Å². The Balaban J connectivity index is 1.49. The van der Waals surface area contributed by atoms with Gasteiger partial charge in [-0.05, 0) is 23.3 Å². The number of urea groups is 1. The van der Waals surface area contributed by atoms with E-state index in [-0.39, 0.29) is 25.5 Å². The number of thioether (sulfide) groups is 1. The van der Waals surface area contributed by atoms with Gasteiger partial charge >= 0.3 is 12.0 Å². The van der Waals surface area contributed by atoms with Crippen LogP contribution in [0.15, 0.2) is 54.6 Å². The molecule has 10 nitrogen and oxygen atoms in total. The molecule has 2 fully saturated rings. The molecule has 38 heavy (non-hydrogen) atoms. The summed E-state index contributed by atoms with van der Waals surface area (Å²) in [5.41, 5.74) is 1.84. The predicted molar refractivity (Wildman–Crippen MR) is 139 cm³/mol. The average molecular weight is 544 g/mol. The number of carboxylic acid groups (broad SMARTS) is 1. The Morgan fingerprint density at radius 3 is 2.47 bits per heavy atom. The van der Waals surface area contributed by atoms with Gasteiger partial charge in [0.1, 0.15) is 18.0 Å². The molecule has 2 heterocycles. The average Bonchev–Trinajstić information content (AvgIpc) is 2.88. The van der Waals surface area contributed by atoms with Gasteiger partial charge in [0, 0.05) is 31.6 Å². The molecule has 0 radical (unpaired) electrons. The predicted octanol–water partition coefficient (Wildman–Crippen LogP) is 1.97. The number of hydrazine groups is 1. The van der Waals surface area contributed by atoms with Crippen LogP contribution in [0, 0.1) is 5.82 Å². The minimum atomic E-state index is -1.21. The smallest absolute Gasteiger partial charge is 0.334 e. The van der Waals surface area contributed by atoms with Crippen molar-refractivity contribution in [1.82, 2.24) is 25.1 Å². The van der Waals surface area contributed by atoms with Crippen LogP contribution in [0.25, 0.3) is 0 Å². The molecule has 0 aromatic heterocycles. The van der Waals surface area contributed by atoms with Gasteiger partial charge in [-0.15, -0.1) is 0 Å². The summed E-state index contributed by atoms with van der Waals surface area (Å²) in [6, 6.07) is 13.9. The maximum Gasteiger partial charge on any atom is 0.334 e. The molecule has 0 saturated carbocycles. The van der Waals surface area contributed by atoms with Crippen molar-refractivity contribution in [3.05, 3.63) is 71.5 Å². The summed E-state index contributed by atoms with van der Waals surface area (Å²) in [4.78, 5) is 54.0. The number of carbonyl (C=O) groups is 4. The highest BCUT2D eigenvalue weighted by Crippen LogP contribution is 2.27. The van der Waals surface area contributed by atoms with Crippen molar-refractivity contribution in [3.8, 4) is 0 Å². The second-order valence-electron chi connectivity index (χ2n) is 9.16. The summed E-state index contributed by atoms with van der Waals surface area (Å²) >= 11 is 1.64. The standard InChI is InChI=1S/C26H30FN5O5S/c1-29-16-23(33)31-21(13-24(34)35)25(36)30(11-12-38-17-19-5-3-2-4-6-19)15-22(31)32(29)26(37)28-14-18-7-9-20(27)10-8-18/h2-10,21-22H,11-17H2,1H3,(H,28,37)(H,34,35)/t21-,22-/m0/s1. The van der Waals surface area contributed by atoms with Crippen LogP contribution < -0.4 is 5.32 Å². The topological polar surface area (TPSA) is 114 Å². The lowest BCUT2D eigenvalue weighted by Crippen LogP contribution is -2.76. The summed E-state index contributed by atoms with van der Waals surface area (Å²) in [7, 11) is 1.59. The van der Waals surface area contributed by atoms with Crippen molar-refractivity contribution in [3.63, 3.8) is 0 Å². The van der Waals surface area contributed by atoms with E-state index in [1.54, 1.807) is 35.8 Å². The minimum absolute atomic E-state index is 0.0564. The maximum atomic E-state index is 13.3. The van der Waals surface area contributed by atoms with Gasteiger partial charge < -0.3 is 20.2 Å². The number of rotatable bonds is 9. The number of nitrogens with one attached hydrogen (secondary N) is 1. The lowest BCUT2D eigenvalue weighted by atomic mass is 10.0. The molecule has 4 amide bonds. The number of hydrogen-bond donors (Lipinski definition) is 2. The molecule has 2 aromatic carbocycles. The van der Waals surface area contributed by atoms with Crippen LogP contribution in [0.1, 0.15) is 17.5 Å². The Kier molecular flexibility index (Phi) is 8.85. The van der Waals surface area contributed by atoms with Gasteiger partial charge in [0.05, 0.1) is 19.5 Å². The fourth-order valence-electron chi connectivity index (χ4n) is 4.67. The number of nitrogens with zero attached hydrogens (tertiary/aromatic N) is 4. The van der Waals surface area contributed by atoms with E-state index in [4.69, 9.17) is 0 Å². The second kappa shape index (κ2) is 12.3. The van der Waals surface area contributed by atoms with E-state index in [0.29, 0.717) is 17.9 Å². The molecular weight excluding hydrogens is 513 g/mol. The third kappa shape index (κ3) is 6.43. The van der Waals surface area contributed by atoms with Crippen molar-refractivity contribution in [1.29, 1.82) is 0 Å². The Morgan fingerprint density at radius 1 is 1.08 bits per heavy atom. The monoisotopic (exact) mass is 543 g/mol. The second-order valence-corrected chi connectivity index (χ2v) is 10.3. The number of carbonyl (C=O) groups excluding carboxylic acids is 3. The van der Waals surface area contributed by atoms with Crippen molar-refractivity contribution in [2.45, 2.75) is 30.9 Å². The van der Waals surface area contributed by atoms with Crippen LogP contribution in [-0.2, 0) is 26.7 Å². The molecule has 2 aliphatic rings. The Hall–Kier alpha value is -3.64. The highest BCUT2D eigenvalue weighted by Gasteiger charge is 2.51. The van der Waals surface area contributed by atoms with E-state index in [0.717, 1.165) is 11.3 Å². The van der Waals surface area contributed by atoms with E-state index in [9.17, 15) is 28.7 Å². The van der Waals surface area contributed by atoms with Gasteiger partial charge in [0.15, 0.2) is 0 Å². The van der Waals surface area contributed by atoms with Crippen LogP contribution in [0.5, 0.6) is 0 Å². The lowest BCUT2D eigenvalue weighted by Gasteiger charge is -2.54. The first kappa shape index (κ1) is 27.4. The zero-order valence-electron chi connectivity index (χ0n) is 21.0. The molecule has 2 aliphatic heterocycles. The van der Waals surface area contributed by atoms with E-state index in [2.05, 4.69) is 5.32 Å². The number of fused-ring (bicyclic) bond motifs is 1. The fourth-order valence-corrected chi connectivity index (χ4v) is 5.59. The molecule has 2 N–H and O–H groups in total. The summed E-state index contributed by atoms with van der Waals surface area (Å²) in [6.45, 7) is 0.346. The number of piperazine rings is 1. The number of amides is 4. The molecule has 0 bridgehead atoms. The normalized spacial score (nSPS) is 19.9. The summed E-state index contributed by atoms with van der Waals surface area (Å²) in [5.74, 6) is -1.08. The third-order valence-electron chi connectivity index (χ3n) is 6.49. The van der Waals surface area contributed by atoms with Crippen LogP contribution in [0.4, 0.5) is 9.18 Å². The van der Waals surface area contributed by atoms with Crippen LogP contribution in [0.3, 0.4) is 0 Å². The molecule has 2 atom stereocenters. The highest BCUT2D eigenvalue weighted by atomic mass is 32.2. The fraction of sp³-hybridized carbons (Fsp3) is 0.385. The van der Waals surface area contributed by atoms with E-state index in [1.165, 1.54) is 27.1 Å². The number of carboxylic acids is 1. The largest absolute Gasteiger partial charge is 0.481 e. The summed E-state index contributed by atoms with van der Waals surface area (Å²) in [5, 5.41) is 15.1. The first-order valence-electron chi connectivity index (χ1n) is 12.2. The first-order valence-corrected chi connectivity index (χ1v) is 13.4. The Labute approximate surface area is 224 Å². The molecule has 202 valence electrons. The molecule has 0 unspecified atom stereocenters. The van der Waals surface area contributed by atoms with E-state index in [1.807, 2.05) is 30.3 Å². The van der Waals surface area contributed by atoms with Gasteiger partial charge in [-0.25, -0.2) is 19.2 Å². The van der Waals surface area contributed by atoms with Gasteiger partial charge in [-0.3, -0.25) is 14.4 Å². The Bertz CT molecular complexity index is 1170. The van der Waals surface area contributed by atoms with Gasteiger partial charge in [-0.2, -0.15) is 11.8 Å². The molecule has 12 heteroatoms. The highest BCUT2D eigenvalue weighted by molar-refractivity contribution is 7.98. The van der Waals surface area contributed by atoms with E-state index < -0.39 is 42.4 Å². The lowest BCUT2D eigenvalue weighted by molar-refractivity contribution is -0.188. The molecule has 2 saturated heterocycles. The maximum absolute atomic E-state index is 13.3. The minimum Gasteiger partial charge on any atom is -0.481 e. The summed E-state index contributed by atoms with van der Waals surface area (Å²) < 4.78 is 13.2. The van der Waals surface area contributed by atoms with E-state index >= 15 is 0 Å². The van der Waals surface area contributed by atoms with Crippen molar-refractivity contribution in [2.75, 3.05) is 32.4 Å². The number of benzene rings is 2. The van der Waals surface area contributed by atoms with Crippen molar-refractivity contribution < 1.29 is 28.7 Å². The van der Waals surface area contributed by atoms with Gasteiger partial charge in [0.2, 0.25) is 11.8 Å². The third-order valence-corrected chi connectivity index (χ3v) is 7.50. The van der Waals surface area contributed by atoms with Crippen LogP contribution in [-0.4, -0.2) is 93.4 Å². The zero-order valence-corrected chi connectivity index (χ0v) is 21.8.